The van der Waals surface area contributed by atoms with Crippen LogP contribution in [0.2, 0.25) is 0 Å². The molecule has 7 heteroatoms. The Morgan fingerprint density at radius 1 is 0.824 bits per heavy atom. The van der Waals surface area contributed by atoms with Gasteiger partial charge in [0.1, 0.15) is 11.5 Å². The molecule has 0 atom stereocenters. The Morgan fingerprint density at radius 2 is 1.29 bits per heavy atom. The Bertz CT molecular complexity index is 1020. The van der Waals surface area contributed by atoms with Gasteiger partial charge in [-0.15, -0.1) is 24.0 Å². The molecule has 0 fully saturated rings. The maximum atomic E-state index is 11.6. The molecule has 34 heavy (non-hydrogen) atoms. The number of aliphatic imine (C=N–C) groups is 1. The number of halogens is 1. The second-order valence-corrected chi connectivity index (χ2v) is 8.71. The van der Waals surface area contributed by atoms with E-state index in [-0.39, 0.29) is 29.8 Å². The normalized spacial score (nSPS) is 10.9. The van der Waals surface area contributed by atoms with Gasteiger partial charge in [0.2, 0.25) is 0 Å². The maximum Gasteiger partial charge on any atom is 0.164 e. The first kappa shape index (κ1) is 27.7. The fourth-order valence-electron chi connectivity index (χ4n) is 3.30. The molecule has 0 N–H and O–H groups in total. The third kappa shape index (κ3) is 8.06. The van der Waals surface area contributed by atoms with Crippen molar-refractivity contribution < 1.29 is 14.3 Å². The van der Waals surface area contributed by atoms with Crippen LogP contribution >= 0.6 is 35.7 Å². The predicted molar refractivity (Wildman–Crippen MR) is 152 cm³/mol. The molecular weight excluding hydrogens is 559 g/mol. The molecule has 0 saturated heterocycles. The number of carbonyl (C=O) groups excluding carboxylic acids is 1. The molecule has 3 rings (SSSR count). The lowest BCUT2D eigenvalue weighted by atomic mass is 10.1. The number of hydrogen-bond donors (Lipinski definition) is 0. The highest BCUT2D eigenvalue weighted by Crippen LogP contribution is 2.23. The van der Waals surface area contributed by atoms with E-state index < -0.39 is 0 Å². The average molecular weight is 591 g/mol. The first-order valence-corrected chi connectivity index (χ1v) is 11.8. The first-order chi connectivity index (χ1) is 16.0. The lowest BCUT2D eigenvalue weighted by Gasteiger charge is -2.26. The fourth-order valence-corrected chi connectivity index (χ4v) is 4.04. The number of ketones is 1. The average Bonchev–Trinajstić information content (AvgIpc) is 2.84. The number of nitrogens with zero attached hydrogens (tertiary/aromatic N) is 2. The minimum absolute atomic E-state index is 0. The van der Waals surface area contributed by atoms with Crippen LogP contribution in [0, 0.1) is 0 Å². The van der Waals surface area contributed by atoms with Gasteiger partial charge in [0, 0.05) is 18.7 Å². The van der Waals surface area contributed by atoms with Crippen molar-refractivity contribution in [2.75, 3.05) is 20.0 Å². The zero-order valence-electron chi connectivity index (χ0n) is 20.0. The molecule has 0 amide bonds. The monoisotopic (exact) mass is 590 g/mol. The zero-order chi connectivity index (χ0) is 23.6. The lowest BCUT2D eigenvalue weighted by molar-refractivity contribution is 0.101. The third-order valence-corrected chi connectivity index (χ3v) is 6.00. The Balaban J connectivity index is 0.00000408. The number of benzene rings is 3. The van der Waals surface area contributed by atoms with E-state index in [9.17, 15) is 4.79 Å². The van der Waals surface area contributed by atoms with Gasteiger partial charge in [0.05, 0.1) is 19.9 Å². The van der Waals surface area contributed by atoms with Crippen molar-refractivity contribution in [3.63, 3.8) is 0 Å². The lowest BCUT2D eigenvalue weighted by Crippen LogP contribution is -2.28. The van der Waals surface area contributed by atoms with Crippen LogP contribution in [0.3, 0.4) is 0 Å². The smallest absolute Gasteiger partial charge is 0.164 e. The highest BCUT2D eigenvalue weighted by atomic mass is 127. The number of ether oxygens (including phenoxy) is 2. The molecule has 0 radical (unpaired) electrons. The summed E-state index contributed by atoms with van der Waals surface area (Å²) < 4.78 is 10.6. The summed E-state index contributed by atoms with van der Waals surface area (Å²) in [5.74, 6) is 2.62. The number of carbonyl (C=O) groups is 1. The van der Waals surface area contributed by atoms with Crippen molar-refractivity contribution in [3.8, 4) is 11.5 Å². The third-order valence-electron chi connectivity index (χ3n) is 5.11. The number of Topliss-reactive ketones (excluding diaryl/α,β-unsaturated/α-hetero) is 1. The van der Waals surface area contributed by atoms with Crippen molar-refractivity contribution in [2.24, 2.45) is 4.99 Å². The summed E-state index contributed by atoms with van der Waals surface area (Å²) in [5.41, 5.74) is 3.85. The summed E-state index contributed by atoms with van der Waals surface area (Å²) in [6.07, 6.45) is 0. The SMILES string of the molecule is CCSC(=Nc1ccc(C(C)=O)cc1)N(Cc1ccc(OC)cc1)Cc1ccc(OC)cc1.I. The van der Waals surface area contributed by atoms with Gasteiger partial charge >= 0.3 is 0 Å². The predicted octanol–water partition coefficient (Wildman–Crippen LogP) is 6.97. The molecular formula is C27H31IN2O3S. The van der Waals surface area contributed by atoms with E-state index in [1.165, 1.54) is 11.1 Å². The molecule has 3 aromatic carbocycles. The number of hydrogen-bond acceptors (Lipinski definition) is 5. The van der Waals surface area contributed by atoms with E-state index >= 15 is 0 Å². The molecule has 0 aliphatic rings. The molecule has 0 aliphatic heterocycles. The topological polar surface area (TPSA) is 51.1 Å². The number of amidine groups is 1. The second-order valence-electron chi connectivity index (χ2n) is 7.48. The highest BCUT2D eigenvalue weighted by molar-refractivity contribution is 14.0. The highest BCUT2D eigenvalue weighted by Gasteiger charge is 2.14. The Hall–Kier alpha value is -2.52. The van der Waals surface area contributed by atoms with E-state index in [0.717, 1.165) is 28.1 Å². The summed E-state index contributed by atoms with van der Waals surface area (Å²) in [6.45, 7) is 5.10. The summed E-state index contributed by atoms with van der Waals surface area (Å²) in [7, 11) is 3.34. The number of methoxy groups -OCH3 is 2. The van der Waals surface area contributed by atoms with Crippen LogP contribution in [0.4, 0.5) is 5.69 Å². The maximum absolute atomic E-state index is 11.6. The van der Waals surface area contributed by atoms with Crippen LogP contribution in [0.1, 0.15) is 35.3 Å². The van der Waals surface area contributed by atoms with Crippen LogP contribution in [0.25, 0.3) is 0 Å². The van der Waals surface area contributed by atoms with Gasteiger partial charge in [-0.2, -0.15) is 0 Å². The Labute approximate surface area is 223 Å². The van der Waals surface area contributed by atoms with E-state index in [2.05, 4.69) is 36.1 Å². The quantitative estimate of drug-likeness (QED) is 0.117. The Morgan fingerprint density at radius 3 is 1.68 bits per heavy atom. The number of thioether (sulfide) groups is 1. The molecule has 0 heterocycles. The van der Waals surface area contributed by atoms with Crippen LogP contribution in [0.15, 0.2) is 77.8 Å². The molecule has 0 spiro atoms. The van der Waals surface area contributed by atoms with Gasteiger partial charge < -0.3 is 14.4 Å². The Kier molecular flexibility index (Phi) is 11.4. The van der Waals surface area contributed by atoms with Crippen LogP contribution < -0.4 is 9.47 Å². The standard InChI is InChI=1S/C27H30N2O3S.HI/c1-5-33-27(28-24-12-10-23(11-13-24)20(2)30)29(18-21-6-14-25(31-3)15-7-21)19-22-8-16-26(32-4)17-9-22;/h6-17H,5,18-19H2,1-4H3;1H. The summed E-state index contributed by atoms with van der Waals surface area (Å²) in [4.78, 5) is 18.8. The van der Waals surface area contributed by atoms with Gasteiger partial charge in [-0.3, -0.25) is 4.79 Å². The van der Waals surface area contributed by atoms with Gasteiger partial charge in [0.15, 0.2) is 11.0 Å². The van der Waals surface area contributed by atoms with Crippen molar-refractivity contribution in [3.05, 3.63) is 89.5 Å². The molecule has 180 valence electrons. The van der Waals surface area contributed by atoms with Gasteiger partial charge in [-0.25, -0.2) is 4.99 Å². The molecule has 0 bridgehead atoms. The first-order valence-electron chi connectivity index (χ1n) is 10.9. The number of rotatable bonds is 9. The largest absolute Gasteiger partial charge is 0.497 e. The minimum atomic E-state index is 0. The molecule has 0 unspecified atom stereocenters. The van der Waals surface area contributed by atoms with Crippen LogP contribution in [0.5, 0.6) is 11.5 Å². The summed E-state index contributed by atoms with van der Waals surface area (Å²) >= 11 is 1.70. The van der Waals surface area contributed by atoms with E-state index in [1.54, 1.807) is 32.9 Å². The van der Waals surface area contributed by atoms with Crippen molar-refractivity contribution >= 4 is 52.4 Å². The summed E-state index contributed by atoms with van der Waals surface area (Å²) in [6, 6.07) is 23.7. The second kappa shape index (κ2) is 14.0. The van der Waals surface area contributed by atoms with E-state index in [1.807, 2.05) is 48.5 Å². The minimum Gasteiger partial charge on any atom is -0.497 e. The van der Waals surface area contributed by atoms with Gasteiger partial charge in [-0.05, 0) is 72.3 Å². The van der Waals surface area contributed by atoms with Crippen LogP contribution in [-0.4, -0.2) is 35.8 Å². The molecule has 3 aromatic rings. The molecule has 0 saturated carbocycles. The van der Waals surface area contributed by atoms with Crippen molar-refractivity contribution in [2.45, 2.75) is 26.9 Å². The molecule has 5 nitrogen and oxygen atoms in total. The molecule has 0 aromatic heterocycles. The summed E-state index contributed by atoms with van der Waals surface area (Å²) in [5, 5.41) is 0.930. The fraction of sp³-hybridized carbons (Fsp3) is 0.259. The van der Waals surface area contributed by atoms with Gasteiger partial charge in [0.25, 0.3) is 0 Å². The zero-order valence-corrected chi connectivity index (χ0v) is 23.1. The van der Waals surface area contributed by atoms with E-state index in [4.69, 9.17) is 14.5 Å². The van der Waals surface area contributed by atoms with Crippen molar-refractivity contribution in [1.29, 1.82) is 0 Å². The molecule has 0 aliphatic carbocycles. The van der Waals surface area contributed by atoms with Crippen LogP contribution in [-0.2, 0) is 13.1 Å². The van der Waals surface area contributed by atoms with Crippen molar-refractivity contribution in [1.82, 2.24) is 4.90 Å². The van der Waals surface area contributed by atoms with Gasteiger partial charge in [-0.1, -0.05) is 43.0 Å². The van der Waals surface area contributed by atoms with E-state index in [0.29, 0.717) is 18.7 Å².